The molecule has 1 fully saturated rings. The molecule has 0 aliphatic heterocycles. The van der Waals surface area contributed by atoms with E-state index in [4.69, 9.17) is 0 Å². The third-order valence-electron chi connectivity index (χ3n) is 3.44. The Morgan fingerprint density at radius 1 is 0.591 bits per heavy atom. The summed E-state index contributed by atoms with van der Waals surface area (Å²) in [5.74, 6) is -4.46. The standard InChI is InChI=1S/C6H9O13P3/c7-1-2(8)4(11,20(14)15)6(13,22(18)19)5(12,21(16)17)3(1,9)10/h1-2,7-13H/t1-,2+,4-,5-,6-/m1/s1. The van der Waals surface area contributed by atoms with Crippen molar-refractivity contribution in [3.05, 3.63) is 0 Å². The molecule has 1 aliphatic rings. The van der Waals surface area contributed by atoms with Gasteiger partial charge in [-0.05, 0) is 0 Å². The van der Waals surface area contributed by atoms with E-state index in [1.54, 1.807) is 0 Å². The molecule has 0 saturated heterocycles. The second-order valence-electron chi connectivity index (χ2n) is 4.46. The van der Waals surface area contributed by atoms with Crippen molar-refractivity contribution in [2.45, 2.75) is 34.0 Å². The Bertz CT molecular complexity index is 681. The maximum absolute atomic E-state index is 11.2. The summed E-state index contributed by atoms with van der Waals surface area (Å²) >= 11 is 0. The normalized spacial score (nSPS) is 44.3. The Balaban J connectivity index is 4.12. The lowest BCUT2D eigenvalue weighted by Gasteiger charge is -2.54. The summed E-state index contributed by atoms with van der Waals surface area (Å²) in [6.45, 7) is 0. The van der Waals surface area contributed by atoms with Crippen molar-refractivity contribution in [3.8, 4) is 0 Å². The molecule has 16 heteroatoms. The summed E-state index contributed by atoms with van der Waals surface area (Å²) in [5.41, 5.74) is 0. The minimum atomic E-state index is -4.85. The third-order valence-corrected chi connectivity index (χ3v) is 7.31. The second kappa shape index (κ2) is 5.22. The number of aliphatic hydroxyl groups is 7. The van der Waals surface area contributed by atoms with Gasteiger partial charge in [0.25, 0.3) is 10.7 Å². The molecular formula is C6H9O13P3. The van der Waals surface area contributed by atoms with Crippen molar-refractivity contribution in [2.75, 3.05) is 0 Å². The smallest absolute Gasteiger partial charge is 0.358 e. The van der Waals surface area contributed by atoms with Gasteiger partial charge < -0.3 is 35.7 Å². The highest BCUT2D eigenvalue weighted by atomic mass is 31.1. The first-order valence-corrected chi connectivity index (χ1v) is 8.59. The molecule has 5 atom stereocenters. The van der Waals surface area contributed by atoms with Crippen LogP contribution in [0, 0.1) is 0 Å². The van der Waals surface area contributed by atoms with Crippen molar-refractivity contribution >= 4 is 23.0 Å². The van der Waals surface area contributed by atoms with Gasteiger partial charge in [-0.3, -0.25) is 0 Å². The summed E-state index contributed by atoms with van der Waals surface area (Å²) < 4.78 is 66.8. The average molecular weight is 382 g/mol. The molecule has 0 heterocycles. The van der Waals surface area contributed by atoms with Gasteiger partial charge in [-0.2, -0.15) is 0 Å². The number of aliphatic hydroxyl groups excluding tert-OH is 2. The van der Waals surface area contributed by atoms with Crippen molar-refractivity contribution in [1.82, 2.24) is 0 Å². The van der Waals surface area contributed by atoms with E-state index >= 15 is 0 Å². The Morgan fingerprint density at radius 2 is 0.955 bits per heavy atom. The highest BCUT2D eigenvalue weighted by molar-refractivity contribution is 7.41. The first-order chi connectivity index (χ1) is 9.65. The summed E-state index contributed by atoms with van der Waals surface area (Å²) in [6.07, 6.45) is -6.60. The zero-order valence-electron chi connectivity index (χ0n) is 10.1. The molecule has 13 nitrogen and oxygen atoms in total. The van der Waals surface area contributed by atoms with Crippen LogP contribution in [0.5, 0.6) is 0 Å². The molecule has 126 valence electrons. The van der Waals surface area contributed by atoms with Gasteiger partial charge in [-0.15, -0.1) is 0 Å². The molecule has 1 aliphatic carbocycles. The largest absolute Gasteiger partial charge is 0.386 e. The molecule has 7 N–H and O–H groups in total. The van der Waals surface area contributed by atoms with Crippen LogP contribution in [0.25, 0.3) is 0 Å². The minimum absolute atomic E-state index is 3.29. The van der Waals surface area contributed by atoms with E-state index in [2.05, 4.69) is 0 Å². The molecule has 0 spiro atoms. The van der Waals surface area contributed by atoms with Crippen LogP contribution in [0.3, 0.4) is 0 Å². The topological polar surface area (TPSA) is 244 Å². The molecular weight excluding hydrogens is 373 g/mol. The summed E-state index contributed by atoms with van der Waals surface area (Å²) in [5, 5.41) is 53.5. The van der Waals surface area contributed by atoms with Crippen LogP contribution < -0.4 is 0 Å². The lowest BCUT2D eigenvalue weighted by Crippen LogP contribution is -2.83. The van der Waals surface area contributed by atoms with Gasteiger partial charge in [-0.1, -0.05) is 0 Å². The van der Waals surface area contributed by atoms with E-state index < -0.39 is 57.1 Å². The molecule has 1 saturated carbocycles. The Morgan fingerprint density at radius 3 is 1.23 bits per heavy atom. The first-order valence-electron chi connectivity index (χ1n) is 5.06. The van der Waals surface area contributed by atoms with Crippen molar-refractivity contribution < 1.29 is 63.1 Å². The van der Waals surface area contributed by atoms with Gasteiger partial charge in [0, 0.05) is 0 Å². The Labute approximate surface area is 121 Å². The molecule has 0 bridgehead atoms. The van der Waals surface area contributed by atoms with Crippen LogP contribution >= 0.6 is 23.0 Å². The van der Waals surface area contributed by atoms with Crippen LogP contribution in [-0.4, -0.2) is 69.8 Å². The molecule has 0 aromatic heterocycles. The zero-order chi connectivity index (χ0) is 17.9. The van der Waals surface area contributed by atoms with E-state index in [1.165, 1.54) is 0 Å². The fraction of sp³-hybridized carbons (Fsp3) is 1.00. The van der Waals surface area contributed by atoms with E-state index in [1.807, 2.05) is 0 Å². The predicted molar refractivity (Wildman–Crippen MR) is 58.9 cm³/mol. The summed E-state index contributed by atoms with van der Waals surface area (Å²) in [4.78, 5) is 0. The Kier molecular flexibility index (Phi) is 4.62. The number of hydrogen-bond acceptors (Lipinski definition) is 13. The number of rotatable bonds is 3. The highest BCUT2D eigenvalue weighted by Crippen LogP contribution is 2.64. The van der Waals surface area contributed by atoms with Crippen molar-refractivity contribution in [2.24, 2.45) is 0 Å². The van der Waals surface area contributed by atoms with Crippen LogP contribution in [-0.2, 0) is 27.4 Å². The molecule has 0 unspecified atom stereocenters. The van der Waals surface area contributed by atoms with Crippen LogP contribution in [0.1, 0.15) is 0 Å². The molecule has 0 amide bonds. The molecule has 1 rings (SSSR count). The highest BCUT2D eigenvalue weighted by Gasteiger charge is 2.87. The maximum atomic E-state index is 11.2. The second-order valence-corrected chi connectivity index (χ2v) is 7.98. The van der Waals surface area contributed by atoms with Crippen molar-refractivity contribution in [3.63, 3.8) is 0 Å². The van der Waals surface area contributed by atoms with Gasteiger partial charge >= 0.3 is 23.0 Å². The van der Waals surface area contributed by atoms with Gasteiger partial charge in [0.1, 0.15) is 12.2 Å². The van der Waals surface area contributed by atoms with Gasteiger partial charge in [-0.25, -0.2) is 27.4 Å². The maximum Gasteiger partial charge on any atom is 0.358 e. The molecule has 0 aromatic carbocycles. The van der Waals surface area contributed by atoms with E-state index in [0.717, 1.165) is 0 Å². The zero-order valence-corrected chi connectivity index (χ0v) is 12.8. The van der Waals surface area contributed by atoms with Crippen LogP contribution in [0.4, 0.5) is 0 Å². The minimum Gasteiger partial charge on any atom is -0.386 e. The average Bonchev–Trinajstić information content (AvgIpc) is 2.40. The molecule has 0 aromatic rings. The first kappa shape index (κ1) is 19.5. The molecule has 22 heavy (non-hydrogen) atoms. The van der Waals surface area contributed by atoms with E-state index in [0.29, 0.717) is 0 Å². The SMILES string of the molecule is O=P(=O)[C@]1(O)[C@](O)(P(=O)=O)[C@@H](O)[C@@H](O)C(O)(O)[C@@]1(O)P(=O)=O. The lowest BCUT2D eigenvalue weighted by molar-refractivity contribution is -0.375. The van der Waals surface area contributed by atoms with E-state index in [-0.39, 0.29) is 0 Å². The van der Waals surface area contributed by atoms with Gasteiger partial charge in [0.05, 0.1) is 0 Å². The number of hydrogen-bond donors (Lipinski definition) is 7. The fourth-order valence-electron chi connectivity index (χ4n) is 2.12. The van der Waals surface area contributed by atoms with E-state index in [9.17, 15) is 63.1 Å². The molecule has 0 radical (unpaired) electrons. The quantitative estimate of drug-likeness (QED) is 0.190. The lowest BCUT2D eigenvalue weighted by atomic mass is 9.80. The third kappa shape index (κ3) is 1.80. The predicted octanol–water partition coefficient (Wildman–Crippen LogP) is -3.01. The van der Waals surface area contributed by atoms with Crippen LogP contribution in [0.2, 0.25) is 0 Å². The Hall–Kier alpha value is -0.580. The summed E-state index contributed by atoms with van der Waals surface area (Å²) in [6, 6.07) is 0. The summed E-state index contributed by atoms with van der Waals surface area (Å²) in [7, 11) is -14.3. The van der Waals surface area contributed by atoms with Crippen molar-refractivity contribution in [1.29, 1.82) is 0 Å². The monoisotopic (exact) mass is 382 g/mol. The fourth-order valence-corrected chi connectivity index (χ4v) is 5.61. The van der Waals surface area contributed by atoms with Gasteiger partial charge in [0.15, 0.2) is 0 Å². The van der Waals surface area contributed by atoms with Gasteiger partial charge in [0.2, 0.25) is 11.1 Å². The van der Waals surface area contributed by atoms with Crippen LogP contribution in [0.15, 0.2) is 0 Å².